The van der Waals surface area contributed by atoms with Crippen molar-refractivity contribution in [3.8, 4) is 5.75 Å². The molecule has 2 aromatic rings. The van der Waals surface area contributed by atoms with E-state index in [1.165, 1.54) is 0 Å². The van der Waals surface area contributed by atoms with Crippen molar-refractivity contribution in [1.29, 1.82) is 0 Å². The van der Waals surface area contributed by atoms with Crippen LogP contribution >= 0.6 is 27.5 Å². The molecule has 0 heterocycles. The Morgan fingerprint density at radius 2 is 2.00 bits per heavy atom. The molecule has 0 aliphatic carbocycles. The fraction of sp³-hybridized carbons (Fsp3) is 0.200. The van der Waals surface area contributed by atoms with Crippen LogP contribution in [0.2, 0.25) is 5.02 Å². The number of halogens is 2. The molecule has 1 unspecified atom stereocenters. The number of ether oxygens (including phenoxy) is 1. The first-order valence-corrected chi connectivity index (χ1v) is 7.13. The number of hydrogen-bond donors (Lipinski definition) is 1. The lowest BCUT2D eigenvalue weighted by molar-refractivity contribution is 0.414. The van der Waals surface area contributed by atoms with Crippen LogP contribution in [-0.2, 0) is 0 Å². The lowest BCUT2D eigenvalue weighted by atomic mass is 10.1. The number of methoxy groups -OCH3 is 1. The molecule has 0 fully saturated rings. The molecular weight excluding hydrogens is 326 g/mol. The molecular formula is C15H15BrClNO. The van der Waals surface area contributed by atoms with E-state index in [9.17, 15) is 0 Å². The van der Waals surface area contributed by atoms with E-state index in [2.05, 4.69) is 34.2 Å². The number of rotatable bonds is 4. The Labute approximate surface area is 126 Å². The quantitative estimate of drug-likeness (QED) is 0.817. The van der Waals surface area contributed by atoms with E-state index in [1.54, 1.807) is 7.11 Å². The third-order valence-electron chi connectivity index (χ3n) is 2.89. The highest BCUT2D eigenvalue weighted by Gasteiger charge is 2.09. The van der Waals surface area contributed by atoms with Crippen LogP contribution in [0, 0.1) is 0 Å². The average molecular weight is 341 g/mol. The van der Waals surface area contributed by atoms with E-state index >= 15 is 0 Å². The van der Waals surface area contributed by atoms with Gasteiger partial charge in [-0.2, -0.15) is 0 Å². The summed E-state index contributed by atoms with van der Waals surface area (Å²) in [6.45, 7) is 2.09. The maximum absolute atomic E-state index is 6.18. The zero-order chi connectivity index (χ0) is 13.8. The molecule has 0 radical (unpaired) electrons. The Morgan fingerprint density at radius 1 is 1.21 bits per heavy atom. The van der Waals surface area contributed by atoms with Gasteiger partial charge in [0.25, 0.3) is 0 Å². The lowest BCUT2D eigenvalue weighted by Crippen LogP contribution is -2.07. The summed E-state index contributed by atoms with van der Waals surface area (Å²) in [5.41, 5.74) is 2.06. The SMILES string of the molecule is COc1cccc(C(C)Nc2cc(Br)ccc2Cl)c1. The molecule has 2 nitrogen and oxygen atoms in total. The molecule has 0 spiro atoms. The molecule has 0 aliphatic rings. The van der Waals surface area contributed by atoms with Crippen LogP contribution in [0.5, 0.6) is 5.75 Å². The van der Waals surface area contributed by atoms with Crippen LogP contribution in [0.25, 0.3) is 0 Å². The first kappa shape index (κ1) is 14.2. The van der Waals surface area contributed by atoms with Crippen LogP contribution in [0.1, 0.15) is 18.5 Å². The predicted octanol–water partition coefficient (Wildman–Crippen LogP) is 5.28. The van der Waals surface area contributed by atoms with Gasteiger partial charge in [-0.15, -0.1) is 0 Å². The van der Waals surface area contributed by atoms with Gasteiger partial charge in [0, 0.05) is 10.5 Å². The van der Waals surface area contributed by atoms with E-state index in [0.717, 1.165) is 21.5 Å². The second-order valence-corrected chi connectivity index (χ2v) is 5.59. The van der Waals surface area contributed by atoms with Crippen molar-refractivity contribution in [1.82, 2.24) is 0 Å². The summed E-state index contributed by atoms with van der Waals surface area (Å²) in [5, 5.41) is 4.11. The summed E-state index contributed by atoms with van der Waals surface area (Å²) in [4.78, 5) is 0. The van der Waals surface area contributed by atoms with Gasteiger partial charge in [-0.1, -0.05) is 39.7 Å². The van der Waals surface area contributed by atoms with E-state index in [-0.39, 0.29) is 6.04 Å². The Kier molecular flexibility index (Phi) is 4.72. The maximum Gasteiger partial charge on any atom is 0.119 e. The van der Waals surface area contributed by atoms with E-state index in [1.807, 2.05) is 36.4 Å². The smallest absolute Gasteiger partial charge is 0.119 e. The first-order valence-electron chi connectivity index (χ1n) is 5.95. The van der Waals surface area contributed by atoms with Crippen molar-refractivity contribution in [3.05, 3.63) is 57.5 Å². The largest absolute Gasteiger partial charge is 0.497 e. The molecule has 0 amide bonds. The molecule has 1 atom stereocenters. The summed E-state index contributed by atoms with van der Waals surface area (Å²) in [7, 11) is 1.67. The van der Waals surface area contributed by atoms with E-state index < -0.39 is 0 Å². The Bertz CT molecular complexity index is 574. The van der Waals surface area contributed by atoms with Gasteiger partial charge in [0.1, 0.15) is 5.75 Å². The van der Waals surface area contributed by atoms with Crippen LogP contribution in [0.15, 0.2) is 46.9 Å². The fourth-order valence-corrected chi connectivity index (χ4v) is 2.37. The first-order chi connectivity index (χ1) is 9.10. The number of nitrogens with one attached hydrogen (secondary N) is 1. The second-order valence-electron chi connectivity index (χ2n) is 4.27. The third-order valence-corrected chi connectivity index (χ3v) is 3.72. The van der Waals surface area contributed by atoms with Crippen molar-refractivity contribution in [3.63, 3.8) is 0 Å². The summed E-state index contributed by atoms with van der Waals surface area (Å²) >= 11 is 9.62. The normalized spacial score (nSPS) is 12.0. The number of hydrogen-bond acceptors (Lipinski definition) is 2. The lowest BCUT2D eigenvalue weighted by Gasteiger charge is -2.17. The molecule has 4 heteroatoms. The molecule has 2 rings (SSSR count). The van der Waals surface area contributed by atoms with Crippen LogP contribution in [0.4, 0.5) is 5.69 Å². The number of benzene rings is 2. The molecule has 0 bridgehead atoms. The van der Waals surface area contributed by atoms with Crippen molar-refractivity contribution in [2.45, 2.75) is 13.0 Å². The topological polar surface area (TPSA) is 21.3 Å². The van der Waals surface area contributed by atoms with Gasteiger partial charge in [-0.25, -0.2) is 0 Å². The second kappa shape index (κ2) is 6.31. The summed E-state index contributed by atoms with van der Waals surface area (Å²) in [6.07, 6.45) is 0. The maximum atomic E-state index is 6.18. The zero-order valence-electron chi connectivity index (χ0n) is 10.8. The van der Waals surface area contributed by atoms with Gasteiger partial charge in [0.2, 0.25) is 0 Å². The molecule has 2 aromatic carbocycles. The van der Waals surface area contributed by atoms with Gasteiger partial charge >= 0.3 is 0 Å². The molecule has 19 heavy (non-hydrogen) atoms. The van der Waals surface area contributed by atoms with Gasteiger partial charge in [-0.3, -0.25) is 0 Å². The molecule has 100 valence electrons. The Hall–Kier alpha value is -1.19. The zero-order valence-corrected chi connectivity index (χ0v) is 13.1. The highest BCUT2D eigenvalue weighted by atomic mass is 79.9. The molecule has 0 aromatic heterocycles. The fourth-order valence-electron chi connectivity index (χ4n) is 1.84. The van der Waals surface area contributed by atoms with E-state index in [4.69, 9.17) is 16.3 Å². The Balaban J connectivity index is 2.20. The molecule has 0 saturated carbocycles. The Morgan fingerprint density at radius 3 is 2.74 bits per heavy atom. The third kappa shape index (κ3) is 3.64. The van der Waals surface area contributed by atoms with Crippen LogP contribution in [0.3, 0.4) is 0 Å². The van der Waals surface area contributed by atoms with Gasteiger partial charge < -0.3 is 10.1 Å². The molecule has 0 saturated heterocycles. The summed E-state index contributed by atoms with van der Waals surface area (Å²) < 4.78 is 6.23. The van der Waals surface area contributed by atoms with Gasteiger partial charge in [0.15, 0.2) is 0 Å². The molecule has 0 aliphatic heterocycles. The van der Waals surface area contributed by atoms with Crippen LogP contribution < -0.4 is 10.1 Å². The van der Waals surface area contributed by atoms with Gasteiger partial charge in [-0.05, 0) is 42.8 Å². The highest BCUT2D eigenvalue weighted by Crippen LogP contribution is 2.29. The van der Waals surface area contributed by atoms with Crippen molar-refractivity contribution in [2.75, 3.05) is 12.4 Å². The minimum Gasteiger partial charge on any atom is -0.497 e. The monoisotopic (exact) mass is 339 g/mol. The number of anilines is 1. The highest BCUT2D eigenvalue weighted by molar-refractivity contribution is 9.10. The van der Waals surface area contributed by atoms with Gasteiger partial charge in [0.05, 0.1) is 17.8 Å². The molecule has 1 N–H and O–H groups in total. The summed E-state index contributed by atoms with van der Waals surface area (Å²) in [6, 6.07) is 13.9. The summed E-state index contributed by atoms with van der Waals surface area (Å²) in [5.74, 6) is 0.853. The van der Waals surface area contributed by atoms with Crippen molar-refractivity contribution in [2.24, 2.45) is 0 Å². The average Bonchev–Trinajstić information content (AvgIpc) is 2.43. The van der Waals surface area contributed by atoms with E-state index in [0.29, 0.717) is 5.02 Å². The van der Waals surface area contributed by atoms with Crippen LogP contribution in [-0.4, -0.2) is 7.11 Å². The van der Waals surface area contributed by atoms with Crippen molar-refractivity contribution < 1.29 is 4.74 Å². The standard InChI is InChI=1S/C15H15BrClNO/c1-10(11-4-3-5-13(8-11)19-2)18-15-9-12(16)6-7-14(15)17/h3-10,18H,1-2H3. The van der Waals surface area contributed by atoms with Crippen molar-refractivity contribution >= 4 is 33.2 Å². The predicted molar refractivity (Wildman–Crippen MR) is 84.2 cm³/mol. The minimum absolute atomic E-state index is 0.141. The minimum atomic E-state index is 0.141.